The molecule has 4 rings (SSSR count). The number of carboxylic acid groups (broad SMARTS) is 1. The van der Waals surface area contributed by atoms with Crippen molar-refractivity contribution in [3.8, 4) is 0 Å². The van der Waals surface area contributed by atoms with Gasteiger partial charge in [-0.25, -0.2) is 0 Å². The van der Waals surface area contributed by atoms with Gasteiger partial charge in [0, 0.05) is 0 Å². The zero-order chi connectivity index (χ0) is 12.6. The molecule has 5 heteroatoms. The SMILES string of the molecule is O=C(O)C1C2CCC(C2)C1N1C(=O)C2CC2C1=O. The first-order chi connectivity index (χ1) is 8.59. The molecule has 96 valence electrons. The van der Waals surface area contributed by atoms with Gasteiger partial charge in [-0.3, -0.25) is 19.3 Å². The third-order valence-corrected chi connectivity index (χ3v) is 5.36. The molecule has 6 atom stereocenters. The van der Waals surface area contributed by atoms with E-state index < -0.39 is 11.9 Å². The highest BCUT2D eigenvalue weighted by Gasteiger charge is 2.65. The maximum absolute atomic E-state index is 12.1. The smallest absolute Gasteiger partial charge is 0.308 e. The van der Waals surface area contributed by atoms with Gasteiger partial charge in [-0.15, -0.1) is 0 Å². The van der Waals surface area contributed by atoms with Crippen LogP contribution in [0.1, 0.15) is 25.7 Å². The Morgan fingerprint density at radius 1 is 1.06 bits per heavy atom. The average Bonchev–Trinajstić information content (AvgIpc) is 2.77. The summed E-state index contributed by atoms with van der Waals surface area (Å²) in [6.45, 7) is 0. The number of hydrogen-bond acceptors (Lipinski definition) is 3. The van der Waals surface area contributed by atoms with Crippen LogP contribution in [0.4, 0.5) is 0 Å². The fraction of sp³-hybridized carbons (Fsp3) is 0.769. The van der Waals surface area contributed by atoms with E-state index >= 15 is 0 Å². The normalized spacial score (nSPS) is 48.8. The number of aliphatic carboxylic acids is 1. The minimum atomic E-state index is -0.839. The molecule has 5 nitrogen and oxygen atoms in total. The van der Waals surface area contributed by atoms with E-state index in [-0.39, 0.29) is 41.5 Å². The molecule has 1 N–H and O–H groups in total. The number of likely N-dealkylation sites (tertiary alicyclic amines) is 1. The van der Waals surface area contributed by atoms with Crippen LogP contribution in [0.5, 0.6) is 0 Å². The monoisotopic (exact) mass is 249 g/mol. The van der Waals surface area contributed by atoms with E-state index in [1.807, 2.05) is 0 Å². The Balaban J connectivity index is 1.69. The van der Waals surface area contributed by atoms with Crippen molar-refractivity contribution in [1.29, 1.82) is 0 Å². The van der Waals surface area contributed by atoms with Crippen LogP contribution < -0.4 is 0 Å². The van der Waals surface area contributed by atoms with Crippen LogP contribution in [0.3, 0.4) is 0 Å². The molecule has 4 aliphatic rings. The Morgan fingerprint density at radius 2 is 1.67 bits per heavy atom. The number of carboxylic acids is 1. The molecule has 0 radical (unpaired) electrons. The van der Waals surface area contributed by atoms with Crippen molar-refractivity contribution in [2.75, 3.05) is 0 Å². The Kier molecular flexibility index (Phi) is 1.83. The lowest BCUT2D eigenvalue weighted by Crippen LogP contribution is -2.50. The maximum Gasteiger partial charge on any atom is 0.308 e. The lowest BCUT2D eigenvalue weighted by molar-refractivity contribution is -0.153. The summed E-state index contributed by atoms with van der Waals surface area (Å²) in [6, 6.07) is -0.353. The van der Waals surface area contributed by atoms with Gasteiger partial charge >= 0.3 is 5.97 Å². The number of nitrogens with zero attached hydrogens (tertiary/aromatic N) is 1. The molecule has 6 unspecified atom stereocenters. The first-order valence-corrected chi connectivity index (χ1v) is 6.69. The van der Waals surface area contributed by atoms with Crippen LogP contribution >= 0.6 is 0 Å². The van der Waals surface area contributed by atoms with Crippen molar-refractivity contribution in [3.63, 3.8) is 0 Å². The predicted molar refractivity (Wildman–Crippen MR) is 59.2 cm³/mol. The molecule has 3 aliphatic carbocycles. The van der Waals surface area contributed by atoms with Crippen molar-refractivity contribution in [1.82, 2.24) is 4.90 Å². The summed E-state index contributed by atoms with van der Waals surface area (Å²) >= 11 is 0. The van der Waals surface area contributed by atoms with Gasteiger partial charge in [0.1, 0.15) is 0 Å². The summed E-state index contributed by atoms with van der Waals surface area (Å²) in [5, 5.41) is 9.37. The lowest BCUT2D eigenvalue weighted by atomic mass is 9.83. The van der Waals surface area contributed by atoms with E-state index in [2.05, 4.69) is 0 Å². The second-order valence-corrected chi connectivity index (χ2v) is 6.18. The van der Waals surface area contributed by atoms with E-state index in [0.717, 1.165) is 19.3 Å². The maximum atomic E-state index is 12.1. The van der Waals surface area contributed by atoms with Gasteiger partial charge in [0.25, 0.3) is 0 Å². The molecule has 2 amide bonds. The first-order valence-electron chi connectivity index (χ1n) is 6.69. The number of fused-ring (bicyclic) bond motifs is 3. The second kappa shape index (κ2) is 3.13. The highest BCUT2D eigenvalue weighted by atomic mass is 16.4. The molecule has 1 aliphatic heterocycles. The minimum Gasteiger partial charge on any atom is -0.481 e. The van der Waals surface area contributed by atoms with E-state index in [9.17, 15) is 19.5 Å². The molecular formula is C13H15NO4. The third kappa shape index (κ3) is 1.10. The summed E-state index contributed by atoms with van der Waals surface area (Å²) in [5.41, 5.74) is 0. The molecule has 0 spiro atoms. The van der Waals surface area contributed by atoms with Crippen molar-refractivity contribution in [3.05, 3.63) is 0 Å². The van der Waals surface area contributed by atoms with Crippen molar-refractivity contribution >= 4 is 17.8 Å². The molecule has 1 heterocycles. The number of piperidine rings is 1. The van der Waals surface area contributed by atoms with Gasteiger partial charge in [0.15, 0.2) is 0 Å². The van der Waals surface area contributed by atoms with Gasteiger partial charge in [-0.1, -0.05) is 0 Å². The number of rotatable bonds is 2. The third-order valence-electron chi connectivity index (χ3n) is 5.36. The van der Waals surface area contributed by atoms with Crippen LogP contribution in [-0.4, -0.2) is 33.8 Å². The van der Waals surface area contributed by atoms with Crippen LogP contribution in [0.25, 0.3) is 0 Å². The van der Waals surface area contributed by atoms with Gasteiger partial charge < -0.3 is 5.11 Å². The van der Waals surface area contributed by atoms with E-state index in [1.165, 1.54) is 4.90 Å². The summed E-state index contributed by atoms with van der Waals surface area (Å²) in [4.78, 5) is 37.0. The van der Waals surface area contributed by atoms with Gasteiger partial charge in [0.05, 0.1) is 23.8 Å². The Labute approximate surface area is 104 Å². The minimum absolute atomic E-state index is 0.103. The Hall–Kier alpha value is -1.39. The number of carbonyl (C=O) groups is 3. The van der Waals surface area contributed by atoms with E-state index in [0.29, 0.717) is 6.42 Å². The molecule has 3 saturated carbocycles. The molecule has 0 aromatic carbocycles. The number of imide groups is 1. The highest BCUT2D eigenvalue weighted by Crippen LogP contribution is 2.55. The summed E-state index contributed by atoms with van der Waals surface area (Å²) in [6.07, 6.45) is 3.45. The topological polar surface area (TPSA) is 74.7 Å². The number of hydrogen-bond donors (Lipinski definition) is 1. The molecule has 18 heavy (non-hydrogen) atoms. The van der Waals surface area contributed by atoms with E-state index in [1.54, 1.807) is 0 Å². The zero-order valence-corrected chi connectivity index (χ0v) is 9.91. The molecule has 2 bridgehead atoms. The van der Waals surface area contributed by atoms with Crippen molar-refractivity contribution in [2.24, 2.45) is 29.6 Å². The molecule has 4 fully saturated rings. The largest absolute Gasteiger partial charge is 0.481 e. The predicted octanol–water partition coefficient (Wildman–Crippen LogP) is 0.491. The molecular weight excluding hydrogens is 234 g/mol. The summed E-state index contributed by atoms with van der Waals surface area (Å²) in [5.74, 6) is -1.42. The lowest BCUT2D eigenvalue weighted by Gasteiger charge is -2.35. The first kappa shape index (κ1) is 10.5. The van der Waals surface area contributed by atoms with Gasteiger partial charge in [0.2, 0.25) is 11.8 Å². The molecule has 0 aromatic rings. The van der Waals surface area contributed by atoms with Crippen LogP contribution in [0.2, 0.25) is 0 Å². The fourth-order valence-corrected chi connectivity index (χ4v) is 4.48. The van der Waals surface area contributed by atoms with E-state index in [4.69, 9.17) is 0 Å². The second-order valence-electron chi connectivity index (χ2n) is 6.18. The quantitative estimate of drug-likeness (QED) is 0.723. The molecule has 1 saturated heterocycles. The zero-order valence-electron chi connectivity index (χ0n) is 9.91. The average molecular weight is 249 g/mol. The summed E-state index contributed by atoms with van der Waals surface area (Å²) < 4.78 is 0. The number of carbonyl (C=O) groups excluding carboxylic acids is 2. The highest BCUT2D eigenvalue weighted by molar-refractivity contribution is 6.09. The molecule has 0 aromatic heterocycles. The Bertz CT molecular complexity index is 454. The van der Waals surface area contributed by atoms with Gasteiger partial charge in [-0.05, 0) is 37.5 Å². The summed E-state index contributed by atoms with van der Waals surface area (Å²) in [7, 11) is 0. The van der Waals surface area contributed by atoms with Crippen molar-refractivity contribution < 1.29 is 19.5 Å². The van der Waals surface area contributed by atoms with Crippen LogP contribution in [-0.2, 0) is 14.4 Å². The van der Waals surface area contributed by atoms with Gasteiger partial charge in [-0.2, -0.15) is 0 Å². The Morgan fingerprint density at radius 3 is 2.28 bits per heavy atom. The van der Waals surface area contributed by atoms with Crippen LogP contribution in [0, 0.1) is 29.6 Å². The number of amides is 2. The standard InChI is InChI=1S/C13H15NO4/c15-11-7-4-8(7)12(16)14(11)10-6-2-1-5(3-6)9(10)13(17)18/h5-10H,1-4H2,(H,17,18). The fourth-order valence-electron chi connectivity index (χ4n) is 4.48. The van der Waals surface area contributed by atoms with Crippen molar-refractivity contribution in [2.45, 2.75) is 31.7 Å². The van der Waals surface area contributed by atoms with Crippen LogP contribution in [0.15, 0.2) is 0 Å².